The lowest BCUT2D eigenvalue weighted by molar-refractivity contribution is 0.145. The molecule has 3 aromatic rings. The molecular weight excluding hydrogens is 639 g/mol. The number of aliphatic imine (C=N–C) groups is 1. The molecule has 0 fully saturated rings. The Kier molecular flexibility index (Phi) is 15.3. The number of benzene rings is 2. The molecule has 12 heteroatoms. The standard InChI is InChI=1S/C18H30F2N2OSi.C17H22N2O3S/c1-7-22(3)13-21-16-12-15(18(19)20)17(11-14(16)2)23-9-8-10-24(4,5)6;1-17(2,3)9-15-18-12(10-19(15)16(20)23)11-22-14-7-5-13(21-4)6-8-14/h11-13,18H,7-10H2,1-6H3;5-8,10H,9,11H2,1-4H3,(H,20,23). The molecule has 0 aliphatic rings. The molecule has 260 valence electrons. The highest BCUT2D eigenvalue weighted by atomic mass is 32.1. The molecule has 0 spiro atoms. The maximum absolute atomic E-state index is 13.4. The van der Waals surface area contributed by atoms with Crippen LogP contribution in [0.3, 0.4) is 0 Å². The number of thiocarbonyl (C=S) groups is 1. The molecule has 1 heterocycles. The number of alkyl halides is 2. The van der Waals surface area contributed by atoms with Crippen molar-refractivity contribution in [3.8, 4) is 17.2 Å². The third-order valence-corrected chi connectivity index (χ3v) is 9.00. The number of nitrogens with zero attached hydrogens (tertiary/aromatic N) is 4. The molecule has 0 radical (unpaired) electrons. The van der Waals surface area contributed by atoms with Gasteiger partial charge in [0.25, 0.3) is 11.6 Å². The van der Waals surface area contributed by atoms with Gasteiger partial charge < -0.3 is 24.2 Å². The van der Waals surface area contributed by atoms with Crippen LogP contribution >= 0.6 is 12.2 Å². The highest BCUT2D eigenvalue weighted by Gasteiger charge is 2.20. The van der Waals surface area contributed by atoms with Crippen molar-refractivity contribution < 1.29 is 28.1 Å². The van der Waals surface area contributed by atoms with Gasteiger partial charge in [-0.25, -0.2) is 18.8 Å². The predicted octanol–water partition coefficient (Wildman–Crippen LogP) is 9.40. The van der Waals surface area contributed by atoms with Gasteiger partial charge in [-0.2, -0.15) is 0 Å². The molecule has 2 aromatic carbocycles. The van der Waals surface area contributed by atoms with E-state index >= 15 is 0 Å². The summed E-state index contributed by atoms with van der Waals surface area (Å²) in [4.78, 5) is 10.7. The quantitative estimate of drug-likeness (QED) is 0.0594. The van der Waals surface area contributed by atoms with E-state index in [9.17, 15) is 13.9 Å². The summed E-state index contributed by atoms with van der Waals surface area (Å²) in [7, 11) is 2.39. The highest BCUT2D eigenvalue weighted by molar-refractivity contribution is 7.80. The van der Waals surface area contributed by atoms with Gasteiger partial charge in [0.1, 0.15) is 29.7 Å². The number of hydrogen-bond donors (Lipinski definition) is 1. The molecule has 47 heavy (non-hydrogen) atoms. The van der Waals surface area contributed by atoms with E-state index in [0.29, 0.717) is 25.3 Å². The topological polar surface area (TPSA) is 81.3 Å². The van der Waals surface area contributed by atoms with Crippen molar-refractivity contribution >= 4 is 37.5 Å². The molecule has 1 N–H and O–H groups in total. The molecule has 0 bridgehead atoms. The molecule has 0 aliphatic heterocycles. The van der Waals surface area contributed by atoms with Gasteiger partial charge in [0.15, 0.2) is 0 Å². The Morgan fingerprint density at radius 3 is 2.30 bits per heavy atom. The van der Waals surface area contributed by atoms with Crippen molar-refractivity contribution in [1.29, 1.82) is 0 Å². The summed E-state index contributed by atoms with van der Waals surface area (Å²) in [6, 6.07) is 11.6. The van der Waals surface area contributed by atoms with Gasteiger partial charge in [0, 0.05) is 34.3 Å². The van der Waals surface area contributed by atoms with Crippen LogP contribution in [0.25, 0.3) is 0 Å². The van der Waals surface area contributed by atoms with E-state index in [0.717, 1.165) is 47.6 Å². The number of aliphatic hydroxyl groups is 1. The highest BCUT2D eigenvalue weighted by Crippen LogP contribution is 2.35. The average Bonchev–Trinajstić information content (AvgIpc) is 3.38. The Morgan fingerprint density at radius 1 is 1.13 bits per heavy atom. The van der Waals surface area contributed by atoms with Gasteiger partial charge in [-0.15, -0.1) is 0 Å². The summed E-state index contributed by atoms with van der Waals surface area (Å²) in [5, 5.41) is 9.46. The third-order valence-electron chi connectivity index (χ3n) is 6.95. The second-order valence-corrected chi connectivity index (χ2v) is 19.8. The van der Waals surface area contributed by atoms with Crippen LogP contribution in [0.2, 0.25) is 25.7 Å². The maximum Gasteiger partial charge on any atom is 0.267 e. The van der Waals surface area contributed by atoms with Gasteiger partial charge >= 0.3 is 0 Å². The molecule has 0 saturated heterocycles. The summed E-state index contributed by atoms with van der Waals surface area (Å²) in [5.74, 6) is 2.52. The number of ether oxygens (including phenoxy) is 3. The number of imidazole rings is 1. The fourth-order valence-electron chi connectivity index (χ4n) is 4.28. The average molecular weight is 691 g/mol. The molecule has 1 aromatic heterocycles. The molecule has 0 atom stereocenters. The summed E-state index contributed by atoms with van der Waals surface area (Å²) in [5.41, 5.74) is 2.07. The number of aryl methyl sites for hydroxylation is 1. The van der Waals surface area contributed by atoms with Gasteiger partial charge in [-0.05, 0) is 79.9 Å². The second-order valence-electron chi connectivity index (χ2n) is 13.8. The Balaban J connectivity index is 0.000000327. The first-order valence-electron chi connectivity index (χ1n) is 15.8. The third kappa shape index (κ3) is 14.4. The van der Waals surface area contributed by atoms with Crippen molar-refractivity contribution in [1.82, 2.24) is 14.5 Å². The van der Waals surface area contributed by atoms with Crippen molar-refractivity contribution in [3.63, 3.8) is 0 Å². The van der Waals surface area contributed by atoms with E-state index in [1.165, 1.54) is 10.6 Å². The van der Waals surface area contributed by atoms with E-state index in [2.05, 4.69) is 50.4 Å². The number of methoxy groups -OCH3 is 1. The van der Waals surface area contributed by atoms with Gasteiger partial charge in [-0.3, -0.25) is 4.57 Å². The first-order chi connectivity index (χ1) is 21.9. The van der Waals surface area contributed by atoms with E-state index in [4.69, 9.17) is 26.4 Å². The zero-order chi connectivity index (χ0) is 35.4. The van der Waals surface area contributed by atoms with E-state index in [-0.39, 0.29) is 21.9 Å². The van der Waals surface area contributed by atoms with E-state index in [1.807, 2.05) is 50.1 Å². The summed E-state index contributed by atoms with van der Waals surface area (Å²) < 4.78 is 44.7. The Labute approximate surface area is 285 Å². The monoisotopic (exact) mass is 690 g/mol. The number of aliphatic hydroxyl groups excluding tert-OH is 1. The molecule has 0 saturated carbocycles. The number of halogens is 2. The van der Waals surface area contributed by atoms with Gasteiger partial charge in [-0.1, -0.05) is 46.5 Å². The molecule has 0 aliphatic carbocycles. The smallest absolute Gasteiger partial charge is 0.267 e. The molecule has 0 unspecified atom stereocenters. The summed E-state index contributed by atoms with van der Waals surface area (Å²) in [6.07, 6.45) is 2.41. The van der Waals surface area contributed by atoms with Crippen molar-refractivity contribution in [2.24, 2.45) is 10.4 Å². The van der Waals surface area contributed by atoms with Crippen molar-refractivity contribution in [3.05, 3.63) is 65.2 Å². The molecule has 8 nitrogen and oxygen atoms in total. The minimum atomic E-state index is -2.57. The lowest BCUT2D eigenvalue weighted by atomic mass is 9.92. The van der Waals surface area contributed by atoms with Crippen LogP contribution in [-0.4, -0.2) is 66.5 Å². The Hall–Kier alpha value is -3.51. The van der Waals surface area contributed by atoms with Crippen molar-refractivity contribution in [2.45, 2.75) is 86.2 Å². The SMILES string of the molecule is CCN(C)C=Nc1cc(C(F)F)c(OCCC[Si](C)(C)C)cc1C.COc1ccc(OCc2cn(C(O)=S)c(CC(C)(C)C)n2)cc1. The van der Waals surface area contributed by atoms with Crippen LogP contribution in [0, 0.1) is 12.3 Å². The predicted molar refractivity (Wildman–Crippen MR) is 194 cm³/mol. The lowest BCUT2D eigenvalue weighted by Gasteiger charge is -2.17. The first kappa shape index (κ1) is 39.7. The largest absolute Gasteiger partial charge is 0.497 e. The number of rotatable bonds is 14. The van der Waals surface area contributed by atoms with Crippen LogP contribution in [0.4, 0.5) is 14.5 Å². The second kappa shape index (κ2) is 18.1. The van der Waals surface area contributed by atoms with Crippen LogP contribution < -0.4 is 14.2 Å². The van der Waals surface area contributed by atoms with Crippen molar-refractivity contribution in [2.75, 3.05) is 27.3 Å². The lowest BCUT2D eigenvalue weighted by Crippen LogP contribution is -2.20. The number of hydrogen-bond acceptors (Lipinski definition) is 6. The zero-order valence-corrected chi connectivity index (χ0v) is 31.4. The minimum Gasteiger partial charge on any atom is -0.497 e. The summed E-state index contributed by atoms with van der Waals surface area (Å²) in [6.45, 7) is 18.7. The minimum absolute atomic E-state index is 0.0436. The first-order valence-corrected chi connectivity index (χ1v) is 19.9. The fourth-order valence-corrected chi connectivity index (χ4v) is 5.65. The number of aromatic nitrogens is 2. The van der Waals surface area contributed by atoms with Crippen LogP contribution in [-0.2, 0) is 13.0 Å². The Bertz CT molecular complexity index is 1450. The van der Waals surface area contributed by atoms with E-state index in [1.54, 1.807) is 25.7 Å². The van der Waals surface area contributed by atoms with Crippen LogP contribution in [0.5, 0.6) is 17.2 Å². The molecule has 3 rings (SSSR count). The zero-order valence-electron chi connectivity index (χ0n) is 29.6. The van der Waals surface area contributed by atoms with Gasteiger partial charge in [0.05, 0.1) is 37.0 Å². The summed E-state index contributed by atoms with van der Waals surface area (Å²) >= 11 is 4.88. The molecule has 0 amide bonds. The fraction of sp³-hybridized carbons (Fsp3) is 0.514. The van der Waals surface area contributed by atoms with Crippen LogP contribution in [0.1, 0.15) is 63.2 Å². The van der Waals surface area contributed by atoms with Gasteiger partial charge in [0.2, 0.25) is 0 Å². The van der Waals surface area contributed by atoms with Crippen LogP contribution in [0.15, 0.2) is 47.6 Å². The normalized spacial score (nSPS) is 11.8. The Morgan fingerprint density at radius 2 is 1.77 bits per heavy atom. The molecular formula is C35H52F2N4O4SSi. The maximum atomic E-state index is 13.4. The van der Waals surface area contributed by atoms with E-state index < -0.39 is 14.5 Å².